The number of aldehydes is 1. The Bertz CT molecular complexity index is 99.1. The molecule has 9 heavy (non-hydrogen) atoms. The Morgan fingerprint density at radius 3 is 2.78 bits per heavy atom. The van der Waals surface area contributed by atoms with Gasteiger partial charge in [-0.15, -0.1) is 0 Å². The second-order valence-electron chi connectivity index (χ2n) is 1.26. The molecule has 0 unspecified atom stereocenters. The molecular formula is C5H8O4. The molecule has 0 saturated carbocycles. The maximum atomic E-state index is 10.1. The highest BCUT2D eigenvalue weighted by atomic mass is 16.7. The van der Waals surface area contributed by atoms with E-state index in [4.69, 9.17) is 0 Å². The van der Waals surface area contributed by atoms with Crippen LogP contribution in [0, 0.1) is 0 Å². The van der Waals surface area contributed by atoms with Gasteiger partial charge in [0.2, 0.25) is 0 Å². The molecule has 0 aliphatic heterocycles. The van der Waals surface area contributed by atoms with E-state index in [2.05, 4.69) is 9.47 Å². The zero-order chi connectivity index (χ0) is 7.11. The topological polar surface area (TPSA) is 52.6 Å². The summed E-state index contributed by atoms with van der Waals surface area (Å²) < 4.78 is 8.46. The first-order valence-corrected chi connectivity index (χ1v) is 2.45. The van der Waals surface area contributed by atoms with E-state index in [-0.39, 0.29) is 13.0 Å². The Hall–Kier alpha value is -1.06. The van der Waals surface area contributed by atoms with Crippen molar-refractivity contribution in [2.24, 2.45) is 0 Å². The molecule has 0 spiro atoms. The Morgan fingerprint density at radius 2 is 2.33 bits per heavy atom. The lowest BCUT2D eigenvalue weighted by Gasteiger charge is -1.97. The third-order valence-corrected chi connectivity index (χ3v) is 0.622. The zero-order valence-electron chi connectivity index (χ0n) is 5.12. The van der Waals surface area contributed by atoms with E-state index in [9.17, 15) is 9.59 Å². The summed E-state index contributed by atoms with van der Waals surface area (Å²) in [5, 5.41) is 0. The first-order valence-electron chi connectivity index (χ1n) is 2.45. The first kappa shape index (κ1) is 7.94. The predicted molar refractivity (Wildman–Crippen MR) is 29.0 cm³/mol. The summed E-state index contributed by atoms with van der Waals surface area (Å²) in [7, 11) is 1.21. The van der Waals surface area contributed by atoms with E-state index in [0.29, 0.717) is 6.29 Å². The summed E-state index contributed by atoms with van der Waals surface area (Å²) in [6.07, 6.45) is 0.134. The molecule has 0 heterocycles. The molecule has 0 N–H and O–H groups in total. The molecule has 0 radical (unpaired) electrons. The van der Waals surface area contributed by atoms with Crippen molar-refractivity contribution in [2.45, 2.75) is 6.42 Å². The van der Waals surface area contributed by atoms with E-state index >= 15 is 0 Å². The average Bonchev–Trinajstić information content (AvgIpc) is 1.89. The molecule has 0 atom stereocenters. The van der Waals surface area contributed by atoms with E-state index < -0.39 is 6.16 Å². The number of hydrogen-bond acceptors (Lipinski definition) is 4. The third-order valence-electron chi connectivity index (χ3n) is 0.622. The molecule has 0 aromatic carbocycles. The fourth-order valence-corrected chi connectivity index (χ4v) is 0.249. The number of methoxy groups -OCH3 is 1. The Labute approximate surface area is 52.7 Å². The van der Waals surface area contributed by atoms with Gasteiger partial charge in [0.05, 0.1) is 7.11 Å². The Kier molecular flexibility index (Phi) is 4.49. The van der Waals surface area contributed by atoms with Crippen LogP contribution in [0.3, 0.4) is 0 Å². The van der Waals surface area contributed by atoms with Crippen LogP contribution in [0.15, 0.2) is 0 Å². The average molecular weight is 132 g/mol. The van der Waals surface area contributed by atoms with Crippen molar-refractivity contribution in [1.29, 1.82) is 0 Å². The standard InChI is InChI=1S/C5H8O4/c1-8-5(7)9-4-2-3-6/h3H,2,4H2,1H3. The lowest BCUT2D eigenvalue weighted by Crippen LogP contribution is -2.05. The normalized spacial score (nSPS) is 8.11. The number of carbonyl (C=O) groups excluding carboxylic acids is 2. The molecule has 0 aliphatic carbocycles. The van der Waals surface area contributed by atoms with Gasteiger partial charge >= 0.3 is 6.16 Å². The summed E-state index contributed by atoms with van der Waals surface area (Å²) >= 11 is 0. The van der Waals surface area contributed by atoms with Crippen LogP contribution in [0.1, 0.15) is 6.42 Å². The molecule has 0 fully saturated rings. The van der Waals surface area contributed by atoms with Crippen LogP contribution in [0.2, 0.25) is 0 Å². The second kappa shape index (κ2) is 5.08. The number of carbonyl (C=O) groups is 2. The van der Waals surface area contributed by atoms with Crippen LogP contribution in [0.5, 0.6) is 0 Å². The summed E-state index contributed by atoms with van der Waals surface area (Å²) in [5.74, 6) is 0. The number of ether oxygens (including phenoxy) is 2. The van der Waals surface area contributed by atoms with Crippen molar-refractivity contribution in [3.63, 3.8) is 0 Å². The lowest BCUT2D eigenvalue weighted by molar-refractivity contribution is -0.108. The highest BCUT2D eigenvalue weighted by Gasteiger charge is 1.96. The summed E-state index contributed by atoms with van der Waals surface area (Å²) in [4.78, 5) is 19.8. The van der Waals surface area contributed by atoms with E-state index in [1.807, 2.05) is 0 Å². The quantitative estimate of drug-likeness (QED) is 0.316. The van der Waals surface area contributed by atoms with Gasteiger partial charge in [-0.25, -0.2) is 4.79 Å². The monoisotopic (exact) mass is 132 g/mol. The fraction of sp³-hybridized carbons (Fsp3) is 0.600. The largest absolute Gasteiger partial charge is 0.507 e. The van der Waals surface area contributed by atoms with Crippen LogP contribution >= 0.6 is 0 Å². The van der Waals surface area contributed by atoms with Crippen molar-refractivity contribution in [3.05, 3.63) is 0 Å². The number of rotatable bonds is 3. The molecule has 0 bridgehead atoms. The van der Waals surface area contributed by atoms with Gasteiger partial charge in [-0.05, 0) is 0 Å². The second-order valence-corrected chi connectivity index (χ2v) is 1.26. The SMILES string of the molecule is COC(=O)OCCC=O. The molecule has 4 nitrogen and oxygen atoms in total. The highest BCUT2D eigenvalue weighted by molar-refractivity contribution is 5.60. The van der Waals surface area contributed by atoms with Crippen molar-refractivity contribution in [1.82, 2.24) is 0 Å². The van der Waals surface area contributed by atoms with E-state index in [1.165, 1.54) is 7.11 Å². The van der Waals surface area contributed by atoms with Crippen LogP contribution in [0.4, 0.5) is 4.79 Å². The summed E-state index contributed by atoms with van der Waals surface area (Å²) in [6, 6.07) is 0. The van der Waals surface area contributed by atoms with Gasteiger partial charge in [0, 0.05) is 6.42 Å². The molecule has 0 aromatic rings. The number of hydrogen-bond donors (Lipinski definition) is 0. The van der Waals surface area contributed by atoms with Gasteiger partial charge in [0.15, 0.2) is 0 Å². The van der Waals surface area contributed by atoms with Crippen LogP contribution < -0.4 is 0 Å². The third kappa shape index (κ3) is 4.80. The molecule has 0 aromatic heterocycles. The molecule has 4 heteroatoms. The summed E-state index contributed by atoms with van der Waals surface area (Å²) in [6.45, 7) is 0.0934. The molecular weight excluding hydrogens is 124 g/mol. The predicted octanol–water partition coefficient (Wildman–Crippen LogP) is 0.358. The van der Waals surface area contributed by atoms with Crippen molar-refractivity contribution in [3.8, 4) is 0 Å². The van der Waals surface area contributed by atoms with Crippen LogP contribution in [0.25, 0.3) is 0 Å². The van der Waals surface area contributed by atoms with Gasteiger partial charge < -0.3 is 14.3 Å². The van der Waals surface area contributed by atoms with Gasteiger partial charge in [0.1, 0.15) is 12.9 Å². The summed E-state index contributed by atoms with van der Waals surface area (Å²) in [5.41, 5.74) is 0. The maximum absolute atomic E-state index is 10.1. The van der Waals surface area contributed by atoms with Gasteiger partial charge in [-0.1, -0.05) is 0 Å². The minimum absolute atomic E-state index is 0.0934. The van der Waals surface area contributed by atoms with Gasteiger partial charge in [-0.2, -0.15) is 0 Å². The smallest absolute Gasteiger partial charge is 0.438 e. The van der Waals surface area contributed by atoms with Gasteiger partial charge in [0.25, 0.3) is 0 Å². The van der Waals surface area contributed by atoms with Crippen LogP contribution in [-0.2, 0) is 14.3 Å². The van der Waals surface area contributed by atoms with Crippen molar-refractivity contribution < 1.29 is 19.1 Å². The molecule has 0 saturated heterocycles. The van der Waals surface area contributed by atoms with Crippen LogP contribution in [-0.4, -0.2) is 26.2 Å². The van der Waals surface area contributed by atoms with Crippen molar-refractivity contribution in [2.75, 3.05) is 13.7 Å². The minimum Gasteiger partial charge on any atom is -0.438 e. The van der Waals surface area contributed by atoms with Crippen molar-refractivity contribution >= 4 is 12.4 Å². The zero-order valence-corrected chi connectivity index (χ0v) is 5.12. The van der Waals surface area contributed by atoms with Gasteiger partial charge in [-0.3, -0.25) is 0 Å². The fourth-order valence-electron chi connectivity index (χ4n) is 0.249. The molecule has 0 rings (SSSR count). The molecule has 52 valence electrons. The maximum Gasteiger partial charge on any atom is 0.507 e. The Morgan fingerprint density at radius 1 is 1.67 bits per heavy atom. The van der Waals surface area contributed by atoms with E-state index in [1.54, 1.807) is 0 Å². The molecule has 0 amide bonds. The highest BCUT2D eigenvalue weighted by Crippen LogP contribution is 1.82. The Balaban J connectivity index is 3.06. The molecule has 0 aliphatic rings. The minimum atomic E-state index is -0.753. The lowest BCUT2D eigenvalue weighted by atomic mass is 10.5. The first-order chi connectivity index (χ1) is 4.31. The van der Waals surface area contributed by atoms with E-state index in [0.717, 1.165) is 0 Å².